The summed E-state index contributed by atoms with van der Waals surface area (Å²) in [5, 5.41) is 2.93. The lowest BCUT2D eigenvalue weighted by molar-refractivity contribution is 0.102. The topological polar surface area (TPSA) is 82.6 Å². The van der Waals surface area contributed by atoms with Crippen LogP contribution in [0.5, 0.6) is 0 Å². The average Bonchev–Trinajstić information content (AvgIpc) is 2.75. The molecular formula is C22H30N4O3S. The molecule has 1 amide bonds. The van der Waals surface area contributed by atoms with E-state index in [1.54, 1.807) is 24.3 Å². The summed E-state index contributed by atoms with van der Waals surface area (Å²) in [5.74, 6) is -0.307. The predicted molar refractivity (Wildman–Crippen MR) is 120 cm³/mol. The molecule has 0 bridgehead atoms. The molecule has 0 saturated carbocycles. The van der Waals surface area contributed by atoms with Crippen molar-refractivity contribution in [2.24, 2.45) is 0 Å². The van der Waals surface area contributed by atoms with Gasteiger partial charge in [-0.3, -0.25) is 9.78 Å². The molecule has 0 atom stereocenters. The number of benzene rings is 1. The van der Waals surface area contributed by atoms with Gasteiger partial charge in [0.25, 0.3) is 5.91 Å². The van der Waals surface area contributed by atoms with Gasteiger partial charge in [-0.15, -0.1) is 0 Å². The minimum atomic E-state index is -3.63. The van der Waals surface area contributed by atoms with E-state index in [9.17, 15) is 13.2 Å². The Morgan fingerprint density at radius 2 is 1.80 bits per heavy atom. The number of amides is 1. The summed E-state index contributed by atoms with van der Waals surface area (Å²) < 4.78 is 27.4. The maximum atomic E-state index is 13.0. The van der Waals surface area contributed by atoms with Crippen molar-refractivity contribution in [2.75, 3.05) is 36.4 Å². The zero-order valence-corrected chi connectivity index (χ0v) is 18.7. The van der Waals surface area contributed by atoms with Gasteiger partial charge in [-0.05, 0) is 56.5 Å². The average molecular weight is 431 g/mol. The summed E-state index contributed by atoms with van der Waals surface area (Å²) >= 11 is 0. The van der Waals surface area contributed by atoms with Gasteiger partial charge in [0, 0.05) is 38.1 Å². The highest BCUT2D eigenvalue weighted by atomic mass is 32.2. The molecule has 1 fully saturated rings. The number of sulfonamides is 1. The van der Waals surface area contributed by atoms with Gasteiger partial charge in [-0.2, -0.15) is 4.31 Å². The maximum absolute atomic E-state index is 13.0. The molecule has 1 saturated heterocycles. The molecule has 1 aliphatic rings. The van der Waals surface area contributed by atoms with E-state index in [1.807, 2.05) is 26.8 Å². The van der Waals surface area contributed by atoms with Gasteiger partial charge in [0.1, 0.15) is 0 Å². The van der Waals surface area contributed by atoms with E-state index >= 15 is 0 Å². The number of rotatable bonds is 7. The molecule has 162 valence electrons. The number of hydrogen-bond donors (Lipinski definition) is 1. The minimum absolute atomic E-state index is 0.185. The van der Waals surface area contributed by atoms with E-state index in [0.717, 1.165) is 37.3 Å². The molecular weight excluding hydrogens is 400 g/mol. The Hall–Kier alpha value is -2.45. The second-order valence-corrected chi connectivity index (χ2v) is 9.40. The Kier molecular flexibility index (Phi) is 7.10. The van der Waals surface area contributed by atoms with Crippen LogP contribution in [-0.4, -0.2) is 49.8 Å². The smallest absolute Gasteiger partial charge is 0.257 e. The van der Waals surface area contributed by atoms with Crippen LogP contribution in [0.25, 0.3) is 0 Å². The van der Waals surface area contributed by atoms with Crippen molar-refractivity contribution in [1.29, 1.82) is 0 Å². The quantitative estimate of drug-likeness (QED) is 0.725. The fourth-order valence-corrected chi connectivity index (χ4v) is 5.18. The largest absolute Gasteiger partial charge is 0.370 e. The van der Waals surface area contributed by atoms with Crippen LogP contribution in [0, 0.1) is 6.92 Å². The first-order valence-corrected chi connectivity index (χ1v) is 11.9. The molecule has 1 aliphatic heterocycles. The van der Waals surface area contributed by atoms with E-state index in [2.05, 4.69) is 15.2 Å². The molecule has 2 heterocycles. The second kappa shape index (κ2) is 9.57. The summed E-state index contributed by atoms with van der Waals surface area (Å²) in [6, 6.07) is 8.53. The van der Waals surface area contributed by atoms with E-state index in [0.29, 0.717) is 24.3 Å². The third kappa shape index (κ3) is 4.82. The van der Waals surface area contributed by atoms with Crippen molar-refractivity contribution in [3.8, 4) is 0 Å². The van der Waals surface area contributed by atoms with Gasteiger partial charge in [0.2, 0.25) is 10.0 Å². The van der Waals surface area contributed by atoms with Crippen LogP contribution in [0.2, 0.25) is 0 Å². The monoisotopic (exact) mass is 430 g/mol. The highest BCUT2D eigenvalue weighted by Crippen LogP contribution is 2.32. The summed E-state index contributed by atoms with van der Waals surface area (Å²) in [6.45, 7) is 8.05. The Labute approximate surface area is 179 Å². The van der Waals surface area contributed by atoms with Gasteiger partial charge < -0.3 is 10.2 Å². The van der Waals surface area contributed by atoms with Crippen molar-refractivity contribution in [1.82, 2.24) is 9.29 Å². The number of hydrogen-bond acceptors (Lipinski definition) is 5. The first kappa shape index (κ1) is 22.2. The van der Waals surface area contributed by atoms with Crippen LogP contribution in [0.15, 0.2) is 41.4 Å². The molecule has 8 heteroatoms. The molecule has 0 aliphatic carbocycles. The molecule has 1 N–H and O–H groups in total. The Bertz CT molecular complexity index is 980. The SMILES string of the molecule is CCN(CC)S(=O)(=O)c1ccc(N2CCCCC2)c(NC(=O)c2ccc(C)nc2)c1. The number of pyridine rings is 1. The number of nitrogens with zero attached hydrogens (tertiary/aromatic N) is 3. The number of aromatic nitrogens is 1. The van der Waals surface area contributed by atoms with E-state index in [1.165, 1.54) is 16.9 Å². The Morgan fingerprint density at radius 3 is 2.40 bits per heavy atom. The lowest BCUT2D eigenvalue weighted by atomic mass is 10.1. The van der Waals surface area contributed by atoms with Gasteiger partial charge in [0.15, 0.2) is 0 Å². The van der Waals surface area contributed by atoms with Crippen molar-refractivity contribution < 1.29 is 13.2 Å². The molecule has 30 heavy (non-hydrogen) atoms. The van der Waals surface area contributed by atoms with Crippen LogP contribution in [0.1, 0.15) is 49.2 Å². The molecule has 0 unspecified atom stereocenters. The molecule has 0 radical (unpaired) electrons. The molecule has 3 rings (SSSR count). The number of piperidine rings is 1. The lowest BCUT2D eigenvalue weighted by Crippen LogP contribution is -2.32. The Morgan fingerprint density at radius 1 is 1.10 bits per heavy atom. The van der Waals surface area contributed by atoms with Crippen molar-refractivity contribution in [2.45, 2.75) is 44.9 Å². The maximum Gasteiger partial charge on any atom is 0.257 e. The minimum Gasteiger partial charge on any atom is -0.370 e. The van der Waals surface area contributed by atoms with Crippen LogP contribution in [0.3, 0.4) is 0 Å². The van der Waals surface area contributed by atoms with Crippen molar-refractivity contribution in [3.05, 3.63) is 47.8 Å². The van der Waals surface area contributed by atoms with Crippen LogP contribution in [-0.2, 0) is 10.0 Å². The zero-order valence-electron chi connectivity index (χ0n) is 17.9. The standard InChI is InChI=1S/C22H30N4O3S/c1-4-26(5-2)30(28,29)19-11-12-21(25-13-7-6-8-14-25)20(15-19)24-22(27)18-10-9-17(3)23-16-18/h9-12,15-16H,4-8,13-14H2,1-3H3,(H,24,27). The Balaban J connectivity index is 1.99. The fraction of sp³-hybridized carbons (Fsp3) is 0.455. The summed E-state index contributed by atoms with van der Waals surface area (Å²) in [7, 11) is -3.63. The van der Waals surface area contributed by atoms with E-state index in [-0.39, 0.29) is 10.8 Å². The first-order valence-electron chi connectivity index (χ1n) is 10.5. The van der Waals surface area contributed by atoms with E-state index < -0.39 is 10.0 Å². The predicted octanol–water partition coefficient (Wildman–Crippen LogP) is 3.66. The first-order chi connectivity index (χ1) is 14.4. The van der Waals surface area contributed by atoms with E-state index in [4.69, 9.17) is 0 Å². The fourth-order valence-electron chi connectivity index (χ4n) is 3.70. The molecule has 1 aromatic heterocycles. The van der Waals surface area contributed by atoms with Gasteiger partial charge in [0.05, 0.1) is 21.8 Å². The third-order valence-corrected chi connectivity index (χ3v) is 7.48. The van der Waals surface area contributed by atoms with Crippen molar-refractivity contribution >= 4 is 27.3 Å². The summed E-state index contributed by atoms with van der Waals surface area (Å²) in [6.07, 6.45) is 4.87. The zero-order chi connectivity index (χ0) is 21.7. The van der Waals surface area contributed by atoms with Gasteiger partial charge >= 0.3 is 0 Å². The lowest BCUT2D eigenvalue weighted by Gasteiger charge is -2.31. The number of carbonyl (C=O) groups excluding carboxylic acids is 1. The normalized spacial score (nSPS) is 14.7. The molecule has 7 nitrogen and oxygen atoms in total. The summed E-state index contributed by atoms with van der Waals surface area (Å²) in [5.41, 5.74) is 2.62. The van der Waals surface area contributed by atoms with Gasteiger partial charge in [-0.25, -0.2) is 8.42 Å². The molecule has 0 spiro atoms. The van der Waals surface area contributed by atoms with Crippen molar-refractivity contribution in [3.63, 3.8) is 0 Å². The second-order valence-electron chi connectivity index (χ2n) is 7.46. The highest BCUT2D eigenvalue weighted by Gasteiger charge is 2.25. The molecule has 1 aromatic carbocycles. The molecule has 2 aromatic rings. The number of carbonyl (C=O) groups is 1. The van der Waals surface area contributed by atoms with Crippen LogP contribution in [0.4, 0.5) is 11.4 Å². The number of nitrogens with one attached hydrogen (secondary N) is 1. The number of anilines is 2. The van der Waals surface area contributed by atoms with Gasteiger partial charge in [-0.1, -0.05) is 13.8 Å². The number of aryl methyl sites for hydroxylation is 1. The summed E-state index contributed by atoms with van der Waals surface area (Å²) in [4.78, 5) is 19.4. The highest BCUT2D eigenvalue weighted by molar-refractivity contribution is 7.89. The third-order valence-electron chi connectivity index (χ3n) is 5.43. The van der Waals surface area contributed by atoms with Crippen LogP contribution >= 0.6 is 0 Å². The van der Waals surface area contributed by atoms with Crippen LogP contribution < -0.4 is 10.2 Å².